The summed E-state index contributed by atoms with van der Waals surface area (Å²) < 4.78 is 0. The molecule has 30 heavy (non-hydrogen) atoms. The molecule has 1 aliphatic rings. The number of unbranched alkanes of at least 4 members (excludes halogenated alkanes) is 1. The molecule has 0 fully saturated rings. The highest BCUT2D eigenvalue weighted by Crippen LogP contribution is 2.30. The van der Waals surface area contributed by atoms with Crippen LogP contribution in [0.5, 0.6) is 0 Å². The molecule has 0 spiro atoms. The van der Waals surface area contributed by atoms with Gasteiger partial charge in [0, 0.05) is 35.9 Å². The van der Waals surface area contributed by atoms with E-state index in [0.717, 1.165) is 29.7 Å². The van der Waals surface area contributed by atoms with Crippen molar-refractivity contribution in [3.05, 3.63) is 52.5 Å². The number of carbonyl (C=O) groups is 3. The van der Waals surface area contributed by atoms with Crippen molar-refractivity contribution in [2.24, 2.45) is 0 Å². The first-order valence-corrected chi connectivity index (χ1v) is 10.9. The fraction of sp³-hybridized carbons (Fsp3) is 0.318. The Labute approximate surface area is 178 Å². The van der Waals surface area contributed by atoms with E-state index in [4.69, 9.17) is 0 Å². The second kappa shape index (κ2) is 8.71. The number of aromatic nitrogens is 2. The van der Waals surface area contributed by atoms with Crippen LogP contribution in [0.15, 0.2) is 36.4 Å². The molecule has 0 saturated carbocycles. The van der Waals surface area contributed by atoms with E-state index in [1.54, 1.807) is 12.1 Å². The minimum atomic E-state index is -0.311. The number of amides is 3. The second-order valence-corrected chi connectivity index (χ2v) is 8.29. The van der Waals surface area contributed by atoms with Crippen LogP contribution in [0.4, 0.5) is 5.13 Å². The van der Waals surface area contributed by atoms with E-state index in [9.17, 15) is 14.4 Å². The van der Waals surface area contributed by atoms with Crippen molar-refractivity contribution in [1.82, 2.24) is 15.1 Å². The summed E-state index contributed by atoms with van der Waals surface area (Å²) in [6.45, 7) is 2.30. The number of hydrogen-bond acceptors (Lipinski definition) is 6. The van der Waals surface area contributed by atoms with E-state index < -0.39 is 0 Å². The minimum absolute atomic E-state index is 0.187. The number of benzene rings is 2. The summed E-state index contributed by atoms with van der Waals surface area (Å²) in [5.74, 6) is -0.823. The van der Waals surface area contributed by atoms with E-state index in [2.05, 4.69) is 22.4 Å². The van der Waals surface area contributed by atoms with Crippen molar-refractivity contribution in [3.63, 3.8) is 0 Å². The van der Waals surface area contributed by atoms with Crippen LogP contribution < -0.4 is 5.32 Å². The summed E-state index contributed by atoms with van der Waals surface area (Å²) in [6.07, 6.45) is 3.54. The molecule has 0 aliphatic carbocycles. The molecule has 0 bridgehead atoms. The number of imide groups is 1. The normalized spacial score (nSPS) is 13.2. The monoisotopic (exact) mass is 422 g/mol. The average Bonchev–Trinajstić information content (AvgIpc) is 3.19. The van der Waals surface area contributed by atoms with Gasteiger partial charge in [0.15, 0.2) is 0 Å². The number of nitrogens with zero attached hydrogens (tertiary/aromatic N) is 3. The van der Waals surface area contributed by atoms with Gasteiger partial charge in [0.05, 0.1) is 0 Å². The molecule has 3 aromatic rings. The van der Waals surface area contributed by atoms with Gasteiger partial charge in [0.25, 0.3) is 11.8 Å². The van der Waals surface area contributed by atoms with Gasteiger partial charge in [0.1, 0.15) is 5.01 Å². The lowest BCUT2D eigenvalue weighted by Crippen LogP contribution is -2.41. The fourth-order valence-corrected chi connectivity index (χ4v) is 4.39. The first-order chi connectivity index (χ1) is 14.6. The summed E-state index contributed by atoms with van der Waals surface area (Å²) in [4.78, 5) is 39.2. The van der Waals surface area contributed by atoms with Gasteiger partial charge in [-0.05, 0) is 30.4 Å². The Balaban J connectivity index is 1.36. The predicted molar refractivity (Wildman–Crippen MR) is 116 cm³/mol. The average molecular weight is 423 g/mol. The maximum atomic E-state index is 12.9. The Morgan fingerprint density at radius 2 is 1.73 bits per heavy atom. The highest BCUT2D eigenvalue weighted by Gasteiger charge is 2.32. The fourth-order valence-electron chi connectivity index (χ4n) is 3.60. The Bertz CT molecular complexity index is 1070. The van der Waals surface area contributed by atoms with Gasteiger partial charge in [-0.25, -0.2) is 0 Å². The molecule has 8 heteroatoms. The lowest BCUT2D eigenvalue weighted by molar-refractivity contribution is -0.116. The molecule has 1 aliphatic heterocycles. The highest BCUT2D eigenvalue weighted by molar-refractivity contribution is 7.15. The molecule has 0 saturated heterocycles. The summed E-state index contributed by atoms with van der Waals surface area (Å²) in [6, 6.07) is 10.9. The molecule has 1 N–H and O–H groups in total. The van der Waals surface area contributed by atoms with Crippen LogP contribution in [0.2, 0.25) is 0 Å². The van der Waals surface area contributed by atoms with E-state index in [1.165, 1.54) is 16.2 Å². The van der Waals surface area contributed by atoms with Crippen LogP contribution in [-0.2, 0) is 11.2 Å². The van der Waals surface area contributed by atoms with Crippen LogP contribution in [0, 0.1) is 0 Å². The summed E-state index contributed by atoms with van der Waals surface area (Å²) in [5.41, 5.74) is 1.06. The van der Waals surface area contributed by atoms with Gasteiger partial charge in [-0.1, -0.05) is 48.9 Å². The Morgan fingerprint density at radius 3 is 2.40 bits per heavy atom. The summed E-state index contributed by atoms with van der Waals surface area (Å²) >= 11 is 1.38. The standard InChI is InChI=1S/C22H22N4O3S/c1-2-3-12-18-24-25-22(30-18)23-17(27)11-6-13-26-20(28)15-9-4-7-14-8-5-10-16(19(14)15)21(26)29/h4-5,7-10H,2-3,6,11-13H2,1H3,(H,23,25,27). The van der Waals surface area contributed by atoms with Crippen molar-refractivity contribution >= 4 is 45.0 Å². The number of anilines is 1. The molecule has 154 valence electrons. The van der Waals surface area contributed by atoms with Crippen LogP contribution in [0.3, 0.4) is 0 Å². The van der Waals surface area contributed by atoms with Crippen molar-refractivity contribution < 1.29 is 14.4 Å². The third kappa shape index (κ3) is 3.95. The van der Waals surface area contributed by atoms with Gasteiger partial charge >= 0.3 is 0 Å². The number of nitrogens with one attached hydrogen (secondary N) is 1. The third-order valence-corrected chi connectivity index (χ3v) is 6.00. The maximum Gasteiger partial charge on any atom is 0.261 e. The molecule has 0 unspecified atom stereocenters. The molecule has 1 aromatic heterocycles. The van der Waals surface area contributed by atoms with Gasteiger partial charge in [-0.2, -0.15) is 0 Å². The first-order valence-electron chi connectivity index (χ1n) is 10.1. The lowest BCUT2D eigenvalue weighted by Gasteiger charge is -2.27. The molecule has 0 atom stereocenters. The molecule has 3 amide bonds. The van der Waals surface area contributed by atoms with Gasteiger partial charge < -0.3 is 5.32 Å². The first kappa shape index (κ1) is 20.2. The van der Waals surface area contributed by atoms with E-state index in [1.807, 2.05) is 24.3 Å². The number of rotatable bonds is 8. The van der Waals surface area contributed by atoms with Gasteiger partial charge in [-0.3, -0.25) is 19.3 Å². The SMILES string of the molecule is CCCCc1nnc(NC(=O)CCCN2C(=O)c3cccc4cccc(c34)C2=O)s1. The van der Waals surface area contributed by atoms with E-state index >= 15 is 0 Å². The zero-order valence-electron chi connectivity index (χ0n) is 16.7. The molecule has 2 aromatic carbocycles. The molecular formula is C22H22N4O3S. The molecule has 2 heterocycles. The minimum Gasteiger partial charge on any atom is -0.301 e. The summed E-state index contributed by atoms with van der Waals surface area (Å²) in [7, 11) is 0. The Hall–Kier alpha value is -3.13. The van der Waals surface area contributed by atoms with Crippen LogP contribution in [-0.4, -0.2) is 39.4 Å². The number of aryl methyl sites for hydroxylation is 1. The van der Waals surface area contributed by atoms with Crippen molar-refractivity contribution in [1.29, 1.82) is 0 Å². The smallest absolute Gasteiger partial charge is 0.261 e. The zero-order chi connectivity index (χ0) is 21.1. The van der Waals surface area contributed by atoms with Crippen molar-refractivity contribution in [3.8, 4) is 0 Å². The van der Waals surface area contributed by atoms with E-state index in [-0.39, 0.29) is 30.7 Å². The largest absolute Gasteiger partial charge is 0.301 e. The van der Waals surface area contributed by atoms with Crippen molar-refractivity contribution in [2.45, 2.75) is 39.0 Å². The summed E-state index contributed by atoms with van der Waals surface area (Å²) in [5, 5.41) is 13.8. The molecule has 7 nitrogen and oxygen atoms in total. The Morgan fingerprint density at radius 1 is 1.03 bits per heavy atom. The predicted octanol–water partition coefficient (Wildman–Crippen LogP) is 4.05. The number of hydrogen-bond donors (Lipinski definition) is 1. The number of carbonyl (C=O) groups excluding carboxylic acids is 3. The van der Waals surface area contributed by atoms with Gasteiger partial charge in [-0.15, -0.1) is 10.2 Å². The van der Waals surface area contributed by atoms with Crippen LogP contribution >= 0.6 is 11.3 Å². The quantitative estimate of drug-likeness (QED) is 0.553. The maximum absolute atomic E-state index is 12.9. The van der Waals surface area contributed by atoms with Crippen LogP contribution in [0.25, 0.3) is 10.8 Å². The van der Waals surface area contributed by atoms with Crippen molar-refractivity contribution in [2.75, 3.05) is 11.9 Å². The Kier molecular flexibility index (Phi) is 5.85. The topological polar surface area (TPSA) is 92.3 Å². The van der Waals surface area contributed by atoms with E-state index in [0.29, 0.717) is 28.1 Å². The third-order valence-electron chi connectivity index (χ3n) is 5.10. The highest BCUT2D eigenvalue weighted by atomic mass is 32.1. The lowest BCUT2D eigenvalue weighted by atomic mass is 9.94. The molecular weight excluding hydrogens is 400 g/mol. The molecule has 4 rings (SSSR count). The van der Waals surface area contributed by atoms with Crippen LogP contribution in [0.1, 0.15) is 58.3 Å². The second-order valence-electron chi connectivity index (χ2n) is 7.23. The molecule has 0 radical (unpaired) electrons. The zero-order valence-corrected chi connectivity index (χ0v) is 17.5. The van der Waals surface area contributed by atoms with Gasteiger partial charge in [0.2, 0.25) is 11.0 Å².